The number of hydrogen-bond acceptors (Lipinski definition) is 8. The molecule has 0 radical (unpaired) electrons. The van der Waals surface area contributed by atoms with Gasteiger partial charge in [-0.2, -0.15) is 0 Å². The number of nitrogens with two attached hydrogens (primary N) is 1. The lowest BCUT2D eigenvalue weighted by atomic mass is 10.0. The predicted octanol–water partition coefficient (Wildman–Crippen LogP) is 3.43. The first-order valence-electron chi connectivity index (χ1n) is 11.0. The Labute approximate surface area is 223 Å². The van der Waals surface area contributed by atoms with Crippen LogP contribution < -0.4 is 16.4 Å². The molecule has 0 aliphatic rings. The second-order valence-electron chi connectivity index (χ2n) is 7.88. The Kier molecular flexibility index (Phi) is 10.9. The van der Waals surface area contributed by atoms with Crippen LogP contribution in [0.1, 0.15) is 28.6 Å². The summed E-state index contributed by atoms with van der Waals surface area (Å²) in [5.74, 6) is -0.196. The molecule has 38 heavy (non-hydrogen) atoms. The zero-order valence-electron chi connectivity index (χ0n) is 20.5. The van der Waals surface area contributed by atoms with Crippen LogP contribution in [0.4, 0.5) is 20.4 Å². The summed E-state index contributed by atoms with van der Waals surface area (Å²) in [6.07, 6.45) is 1.71. The van der Waals surface area contributed by atoms with Crippen molar-refractivity contribution < 1.29 is 33.0 Å². The van der Waals surface area contributed by atoms with E-state index in [9.17, 15) is 18.0 Å². The number of nitrogens with one attached hydrogen (secondary N) is 2. The molecule has 0 bridgehead atoms. The van der Waals surface area contributed by atoms with E-state index < -0.39 is 22.0 Å². The van der Waals surface area contributed by atoms with Crippen molar-refractivity contribution >= 4 is 56.4 Å². The molecule has 1 heterocycles. The summed E-state index contributed by atoms with van der Waals surface area (Å²) in [5, 5.41) is 21.1. The molecular formula is C24H27N5O7S2. The maximum absolute atomic E-state index is 11.7. The van der Waals surface area contributed by atoms with Gasteiger partial charge in [0.2, 0.25) is 5.91 Å². The number of nitrogens with zero attached hydrogens (tertiary/aromatic N) is 2. The van der Waals surface area contributed by atoms with Crippen molar-refractivity contribution in [3.63, 3.8) is 0 Å². The average molecular weight is 562 g/mol. The van der Waals surface area contributed by atoms with Gasteiger partial charge in [0, 0.05) is 24.5 Å². The number of aryl methyl sites for hydroxylation is 2. The van der Waals surface area contributed by atoms with Gasteiger partial charge in [-0.25, -0.2) is 28.0 Å². The van der Waals surface area contributed by atoms with Crippen LogP contribution in [-0.2, 0) is 33.9 Å². The maximum Gasteiger partial charge on any atom is 0.409 e. The first-order valence-corrected chi connectivity index (χ1v) is 13.7. The lowest BCUT2D eigenvalue weighted by Gasteiger charge is -2.05. The minimum absolute atomic E-state index is 0.196. The Morgan fingerprint density at radius 3 is 2.13 bits per heavy atom. The van der Waals surface area contributed by atoms with Crippen LogP contribution in [0.2, 0.25) is 0 Å². The van der Waals surface area contributed by atoms with Gasteiger partial charge in [0.1, 0.15) is 0 Å². The Balaban J connectivity index is 0.00000118. The van der Waals surface area contributed by atoms with E-state index in [1.54, 1.807) is 36.4 Å². The van der Waals surface area contributed by atoms with Crippen molar-refractivity contribution in [1.29, 1.82) is 0 Å². The van der Waals surface area contributed by atoms with E-state index in [0.29, 0.717) is 30.1 Å². The molecule has 2 aromatic carbocycles. The van der Waals surface area contributed by atoms with Crippen molar-refractivity contribution in [2.45, 2.75) is 31.1 Å². The Morgan fingerprint density at radius 2 is 1.61 bits per heavy atom. The van der Waals surface area contributed by atoms with Crippen LogP contribution in [0.5, 0.6) is 0 Å². The number of aromatic nitrogens is 1. The molecule has 0 aliphatic carbocycles. The van der Waals surface area contributed by atoms with E-state index in [2.05, 4.69) is 26.3 Å². The molecule has 0 saturated heterocycles. The fraction of sp³-hybridized carbons (Fsp3) is 0.208. The molecule has 12 nitrogen and oxygen atoms in total. The molecule has 0 spiro atoms. The number of sulfone groups is 1. The zero-order chi connectivity index (χ0) is 28.3. The van der Waals surface area contributed by atoms with E-state index >= 15 is 0 Å². The molecular weight excluding hydrogens is 534 g/mol. The highest BCUT2D eigenvalue weighted by Crippen LogP contribution is 2.27. The van der Waals surface area contributed by atoms with E-state index in [-0.39, 0.29) is 10.8 Å². The normalized spacial score (nSPS) is 10.9. The van der Waals surface area contributed by atoms with E-state index in [1.807, 2.05) is 12.1 Å². The number of amides is 3. The highest BCUT2D eigenvalue weighted by atomic mass is 32.2. The van der Waals surface area contributed by atoms with Crippen LogP contribution >= 0.6 is 11.3 Å². The number of rotatable bonds is 9. The lowest BCUT2D eigenvalue weighted by molar-refractivity contribution is -0.114. The van der Waals surface area contributed by atoms with Crippen molar-refractivity contribution in [2.75, 3.05) is 11.6 Å². The van der Waals surface area contributed by atoms with Gasteiger partial charge in [-0.05, 0) is 48.2 Å². The minimum Gasteiger partial charge on any atom is -0.465 e. The highest BCUT2D eigenvalue weighted by Gasteiger charge is 2.14. The number of benzene rings is 2. The molecule has 0 unspecified atom stereocenters. The quantitative estimate of drug-likeness (QED) is 0.193. The van der Waals surface area contributed by atoms with Crippen LogP contribution in [0, 0.1) is 0 Å². The first kappa shape index (κ1) is 29.9. The van der Waals surface area contributed by atoms with Crippen molar-refractivity contribution in [3.8, 4) is 0 Å². The summed E-state index contributed by atoms with van der Waals surface area (Å²) in [6.45, 7) is 1.43. The number of primary amides is 1. The third kappa shape index (κ3) is 10.8. The fourth-order valence-electron chi connectivity index (χ4n) is 3.13. The number of carboxylic acid groups (broad SMARTS) is 2. The summed E-state index contributed by atoms with van der Waals surface area (Å²) in [7, 11) is -3.26. The number of aliphatic imine (C=N–C) groups is 1. The third-order valence-electron chi connectivity index (χ3n) is 4.77. The number of thiazole rings is 1. The van der Waals surface area contributed by atoms with Gasteiger partial charge in [0.25, 0.3) is 0 Å². The first-order chi connectivity index (χ1) is 17.8. The molecule has 0 aliphatic heterocycles. The van der Waals surface area contributed by atoms with Crippen molar-refractivity contribution in [1.82, 2.24) is 10.3 Å². The monoisotopic (exact) mass is 561 g/mol. The third-order valence-corrected chi connectivity index (χ3v) is 6.91. The second kappa shape index (κ2) is 13.9. The highest BCUT2D eigenvalue weighted by molar-refractivity contribution is 7.90. The van der Waals surface area contributed by atoms with Crippen molar-refractivity contribution in [3.05, 3.63) is 70.2 Å². The van der Waals surface area contributed by atoms with Gasteiger partial charge in [-0.3, -0.25) is 10.1 Å². The number of anilines is 1. The number of carbonyl (C=O) groups is 3. The lowest BCUT2D eigenvalue weighted by Crippen LogP contribution is -2.17. The summed E-state index contributed by atoms with van der Waals surface area (Å²) in [5.41, 5.74) is 7.53. The maximum atomic E-state index is 11.7. The Morgan fingerprint density at radius 1 is 1.03 bits per heavy atom. The van der Waals surface area contributed by atoms with Gasteiger partial charge in [0.15, 0.2) is 15.0 Å². The predicted molar refractivity (Wildman–Crippen MR) is 144 cm³/mol. The number of carbonyl (C=O) groups excluding carboxylic acids is 1. The van der Waals surface area contributed by atoms with Crippen LogP contribution in [0.25, 0.3) is 0 Å². The summed E-state index contributed by atoms with van der Waals surface area (Å²) >= 11 is 1.41. The van der Waals surface area contributed by atoms with Crippen LogP contribution in [-0.4, -0.2) is 54.3 Å². The van der Waals surface area contributed by atoms with E-state index in [0.717, 1.165) is 28.0 Å². The zero-order valence-corrected chi connectivity index (χ0v) is 22.2. The molecule has 0 saturated carbocycles. The Hall–Kier alpha value is -4.30. The largest absolute Gasteiger partial charge is 0.465 e. The Bertz CT molecular complexity index is 1400. The topological polar surface area (TPSA) is 201 Å². The van der Waals surface area contributed by atoms with Gasteiger partial charge in [0.05, 0.1) is 22.6 Å². The summed E-state index contributed by atoms with van der Waals surface area (Å²) in [4.78, 5) is 40.6. The second-order valence-corrected chi connectivity index (χ2v) is 11.0. The van der Waals surface area contributed by atoms with Crippen molar-refractivity contribution in [2.24, 2.45) is 10.7 Å². The van der Waals surface area contributed by atoms with Crippen LogP contribution in [0.15, 0.2) is 58.4 Å². The molecule has 6 N–H and O–H groups in total. The van der Waals surface area contributed by atoms with Crippen LogP contribution in [0.3, 0.4) is 0 Å². The smallest absolute Gasteiger partial charge is 0.409 e. The molecule has 0 atom stereocenters. The molecule has 3 amide bonds. The van der Waals surface area contributed by atoms with Gasteiger partial charge >= 0.3 is 12.2 Å². The molecule has 0 fully saturated rings. The molecule has 3 rings (SSSR count). The SMILES string of the molecule is CC(=O)Nc1nc(CCc2ccc(N=CNC(=O)O)cc2)c(Cc2ccc(S(C)(=O)=O)cc2)s1.NC(=O)O. The molecule has 3 aromatic rings. The molecule has 14 heteroatoms. The standard InChI is InChI=1S/C23H24N4O5S2.CH3NO2/c1-15(28)26-22-27-20(12-7-16-3-8-18(9-4-16)24-14-25-23(29)30)21(33-22)13-17-5-10-19(11-6-17)34(2,31)32;2-1(3)4/h3-6,8-11,14H,7,12-13H2,1-2H3,(H,24,25)(H,29,30)(H,26,27,28);2H2,(H,3,4). The summed E-state index contributed by atoms with van der Waals surface area (Å²) in [6, 6.07) is 14.2. The van der Waals surface area contributed by atoms with Gasteiger partial charge in [-0.15, -0.1) is 11.3 Å². The summed E-state index contributed by atoms with van der Waals surface area (Å²) < 4.78 is 23.4. The van der Waals surface area contributed by atoms with Gasteiger partial charge in [-0.1, -0.05) is 24.3 Å². The van der Waals surface area contributed by atoms with E-state index in [1.165, 1.54) is 24.5 Å². The van der Waals surface area contributed by atoms with E-state index in [4.69, 9.17) is 15.0 Å². The minimum atomic E-state index is -3.26. The average Bonchev–Trinajstić information content (AvgIpc) is 3.17. The fourth-order valence-corrected chi connectivity index (χ4v) is 4.85. The number of hydrogen-bond donors (Lipinski definition) is 5. The molecule has 202 valence electrons. The van der Waals surface area contributed by atoms with Gasteiger partial charge < -0.3 is 21.3 Å². The molecule has 1 aromatic heterocycles.